The lowest BCUT2D eigenvalue weighted by Gasteiger charge is -2.29. The van der Waals surface area contributed by atoms with Crippen LogP contribution in [0.25, 0.3) is 0 Å². The molecule has 1 aliphatic rings. The van der Waals surface area contributed by atoms with Crippen molar-refractivity contribution in [2.75, 3.05) is 0 Å². The number of esters is 1. The monoisotopic (exact) mass is 392 g/mol. The zero-order valence-electron chi connectivity index (χ0n) is 18.3. The molecule has 0 N–H and O–H groups in total. The molecular formula is C27H36O2. The van der Waals surface area contributed by atoms with Crippen molar-refractivity contribution in [2.24, 2.45) is 11.8 Å². The highest BCUT2D eigenvalue weighted by Crippen LogP contribution is 2.38. The molecule has 0 aromatic heterocycles. The quantitative estimate of drug-likeness (QED) is 0.353. The van der Waals surface area contributed by atoms with Crippen LogP contribution in [0.5, 0.6) is 5.75 Å². The van der Waals surface area contributed by atoms with Crippen LogP contribution < -0.4 is 4.74 Å². The fourth-order valence-corrected chi connectivity index (χ4v) is 4.49. The van der Waals surface area contributed by atoms with Gasteiger partial charge in [0.1, 0.15) is 5.75 Å². The van der Waals surface area contributed by atoms with Crippen molar-refractivity contribution >= 4 is 5.97 Å². The molecule has 0 saturated heterocycles. The van der Waals surface area contributed by atoms with Crippen molar-refractivity contribution in [3.8, 4) is 5.75 Å². The molecule has 2 aromatic carbocycles. The molecule has 0 radical (unpaired) electrons. The average molecular weight is 393 g/mol. The Morgan fingerprint density at radius 2 is 1.69 bits per heavy atom. The molecule has 156 valence electrons. The molecule has 0 heterocycles. The predicted octanol–water partition coefficient (Wildman–Crippen LogP) is 7.11. The van der Waals surface area contributed by atoms with Gasteiger partial charge in [0.25, 0.3) is 0 Å². The topological polar surface area (TPSA) is 26.3 Å². The maximum Gasteiger partial charge on any atom is 0.314 e. The van der Waals surface area contributed by atoms with Crippen molar-refractivity contribution in [2.45, 2.75) is 78.1 Å². The summed E-state index contributed by atoms with van der Waals surface area (Å²) in [5, 5.41) is 0. The first-order valence-electron chi connectivity index (χ1n) is 11.5. The lowest BCUT2D eigenvalue weighted by atomic mass is 9.76. The first kappa shape index (κ1) is 21.6. The van der Waals surface area contributed by atoms with Gasteiger partial charge in [-0.3, -0.25) is 4.79 Å². The summed E-state index contributed by atoms with van der Waals surface area (Å²) in [6.07, 6.45) is 8.57. The maximum atomic E-state index is 12.7. The maximum absolute atomic E-state index is 12.7. The number of hydrogen-bond donors (Lipinski definition) is 0. The van der Waals surface area contributed by atoms with E-state index < -0.39 is 0 Å². The fourth-order valence-electron chi connectivity index (χ4n) is 4.49. The Balaban J connectivity index is 1.56. The molecule has 0 amide bonds. The molecule has 1 atom stereocenters. The van der Waals surface area contributed by atoms with Crippen molar-refractivity contribution < 1.29 is 9.53 Å². The first-order valence-corrected chi connectivity index (χ1v) is 11.5. The first-order chi connectivity index (χ1) is 14.1. The lowest BCUT2D eigenvalue weighted by molar-refractivity contribution is -0.140. The Morgan fingerprint density at radius 3 is 2.34 bits per heavy atom. The minimum Gasteiger partial charge on any atom is -0.426 e. The number of aryl methyl sites for hydroxylation is 1. The van der Waals surface area contributed by atoms with Gasteiger partial charge in [0.15, 0.2) is 0 Å². The number of carbonyl (C=O) groups excluding carboxylic acids is 1. The van der Waals surface area contributed by atoms with Crippen LogP contribution in [0.15, 0.2) is 48.5 Å². The van der Waals surface area contributed by atoms with Crippen LogP contribution in [0.2, 0.25) is 0 Å². The van der Waals surface area contributed by atoms with E-state index in [4.69, 9.17) is 4.74 Å². The number of benzene rings is 2. The minimum absolute atomic E-state index is 0.0308. The smallest absolute Gasteiger partial charge is 0.314 e. The summed E-state index contributed by atoms with van der Waals surface area (Å²) < 4.78 is 5.68. The van der Waals surface area contributed by atoms with Crippen LogP contribution in [0, 0.1) is 11.8 Å². The second kappa shape index (κ2) is 10.6. The van der Waals surface area contributed by atoms with Gasteiger partial charge in [0, 0.05) is 0 Å². The van der Waals surface area contributed by atoms with Crippen LogP contribution in [-0.4, -0.2) is 5.97 Å². The van der Waals surface area contributed by atoms with E-state index in [1.54, 1.807) is 0 Å². The van der Waals surface area contributed by atoms with Crippen LogP contribution in [-0.2, 0) is 17.6 Å². The molecule has 2 heteroatoms. The number of hydrogen-bond acceptors (Lipinski definition) is 2. The van der Waals surface area contributed by atoms with Gasteiger partial charge >= 0.3 is 5.97 Å². The average Bonchev–Trinajstić information content (AvgIpc) is 2.76. The summed E-state index contributed by atoms with van der Waals surface area (Å²) in [6.45, 7) is 6.77. The molecule has 3 rings (SSSR count). The fraction of sp³-hybridized carbons (Fsp3) is 0.519. The number of rotatable bonds is 8. The zero-order chi connectivity index (χ0) is 20.6. The van der Waals surface area contributed by atoms with Gasteiger partial charge in [-0.15, -0.1) is 0 Å². The Labute approximate surface area is 176 Å². The summed E-state index contributed by atoms with van der Waals surface area (Å²) in [4.78, 5) is 12.7. The van der Waals surface area contributed by atoms with E-state index in [-0.39, 0.29) is 11.9 Å². The second-order valence-corrected chi connectivity index (χ2v) is 8.78. The normalized spacial score (nSPS) is 20.2. The Hall–Kier alpha value is -2.09. The Morgan fingerprint density at radius 1 is 1.00 bits per heavy atom. The van der Waals surface area contributed by atoms with Gasteiger partial charge in [-0.25, -0.2) is 0 Å². The van der Waals surface area contributed by atoms with Crippen LogP contribution in [0.4, 0.5) is 0 Å². The van der Waals surface area contributed by atoms with E-state index in [0.717, 1.165) is 44.9 Å². The van der Waals surface area contributed by atoms with E-state index >= 15 is 0 Å². The Bertz CT molecular complexity index is 769. The third-order valence-corrected chi connectivity index (χ3v) is 6.50. The van der Waals surface area contributed by atoms with Gasteiger partial charge in [-0.2, -0.15) is 0 Å². The number of ether oxygens (including phenoxy) is 1. The molecule has 29 heavy (non-hydrogen) atoms. The largest absolute Gasteiger partial charge is 0.426 e. The molecule has 0 aliphatic heterocycles. The van der Waals surface area contributed by atoms with Crippen molar-refractivity contribution in [1.82, 2.24) is 0 Å². The van der Waals surface area contributed by atoms with Gasteiger partial charge in [0.2, 0.25) is 0 Å². The lowest BCUT2D eigenvalue weighted by Crippen LogP contribution is -2.25. The van der Waals surface area contributed by atoms with Crippen molar-refractivity contribution in [1.29, 1.82) is 0 Å². The molecule has 1 saturated carbocycles. The molecule has 2 nitrogen and oxygen atoms in total. The Kier molecular flexibility index (Phi) is 7.91. The van der Waals surface area contributed by atoms with Gasteiger partial charge in [-0.1, -0.05) is 70.0 Å². The standard InChI is InChI=1S/C27H36O2/c1-4-8-21-11-17-25(18-12-21)29-27(28)23-15-13-22(14-16-23)26-10-7-6-9-24(26)19-20(3)5-2/h6-7,9-12,17-18,20,22-23H,4-5,8,13-16,19H2,1-3H3/t20-,22?,23?/m0/s1. The summed E-state index contributed by atoms with van der Waals surface area (Å²) >= 11 is 0. The van der Waals surface area contributed by atoms with Crippen molar-refractivity contribution in [3.05, 3.63) is 65.2 Å². The van der Waals surface area contributed by atoms with E-state index in [0.29, 0.717) is 17.6 Å². The second-order valence-electron chi connectivity index (χ2n) is 8.78. The minimum atomic E-state index is -0.0559. The molecule has 1 fully saturated rings. The summed E-state index contributed by atoms with van der Waals surface area (Å²) in [5.74, 6) is 1.94. The predicted molar refractivity (Wildman–Crippen MR) is 120 cm³/mol. The van der Waals surface area contributed by atoms with Gasteiger partial charge < -0.3 is 4.74 Å². The zero-order valence-corrected chi connectivity index (χ0v) is 18.3. The van der Waals surface area contributed by atoms with E-state index in [1.165, 1.54) is 23.1 Å². The molecule has 2 aromatic rings. The molecule has 0 spiro atoms. The third-order valence-electron chi connectivity index (χ3n) is 6.50. The number of carbonyl (C=O) groups is 1. The van der Waals surface area contributed by atoms with Crippen LogP contribution in [0.1, 0.15) is 81.9 Å². The van der Waals surface area contributed by atoms with Crippen LogP contribution >= 0.6 is 0 Å². The highest BCUT2D eigenvalue weighted by atomic mass is 16.5. The van der Waals surface area contributed by atoms with Crippen molar-refractivity contribution in [3.63, 3.8) is 0 Å². The van der Waals surface area contributed by atoms with Gasteiger partial charge in [-0.05, 0) is 79.2 Å². The SMILES string of the molecule is CCCc1ccc(OC(=O)C2CCC(c3ccccc3C[C@@H](C)CC)CC2)cc1. The van der Waals surface area contributed by atoms with E-state index in [1.807, 2.05) is 12.1 Å². The summed E-state index contributed by atoms with van der Waals surface area (Å²) in [7, 11) is 0. The van der Waals surface area contributed by atoms with Crippen LogP contribution in [0.3, 0.4) is 0 Å². The van der Waals surface area contributed by atoms with Gasteiger partial charge in [0.05, 0.1) is 5.92 Å². The third kappa shape index (κ3) is 5.95. The molecule has 0 unspecified atom stereocenters. The summed E-state index contributed by atoms with van der Waals surface area (Å²) in [6, 6.07) is 16.9. The highest BCUT2D eigenvalue weighted by molar-refractivity contribution is 5.75. The summed E-state index contributed by atoms with van der Waals surface area (Å²) in [5.41, 5.74) is 4.30. The molecular weight excluding hydrogens is 356 g/mol. The van der Waals surface area contributed by atoms with E-state index in [2.05, 4.69) is 57.2 Å². The highest BCUT2D eigenvalue weighted by Gasteiger charge is 2.29. The molecule has 1 aliphatic carbocycles. The molecule has 0 bridgehead atoms. The van der Waals surface area contributed by atoms with E-state index in [9.17, 15) is 4.79 Å².